The minimum Gasteiger partial charge on any atom is -0.327 e. The fourth-order valence-corrected chi connectivity index (χ4v) is 2.74. The molecular formula is C19H28N4O. The second kappa shape index (κ2) is 6.77. The molecule has 0 radical (unpaired) electrons. The number of nitrogens with two attached hydrogens (primary N) is 1. The summed E-state index contributed by atoms with van der Waals surface area (Å²) in [7, 11) is 0. The lowest BCUT2D eigenvalue weighted by Crippen LogP contribution is -2.48. The van der Waals surface area contributed by atoms with E-state index >= 15 is 0 Å². The van der Waals surface area contributed by atoms with E-state index < -0.39 is 5.41 Å². The molecule has 0 aliphatic rings. The van der Waals surface area contributed by atoms with Gasteiger partial charge in [-0.15, -0.1) is 0 Å². The highest BCUT2D eigenvalue weighted by atomic mass is 16.2. The Hall–Kier alpha value is -2.14. The average Bonchev–Trinajstić information content (AvgIpc) is 2.86. The van der Waals surface area contributed by atoms with Crippen molar-refractivity contribution in [1.82, 2.24) is 9.55 Å². The summed E-state index contributed by atoms with van der Waals surface area (Å²) in [5.74, 6) is 0.173. The number of benzene rings is 1. The summed E-state index contributed by atoms with van der Waals surface area (Å²) in [6.45, 7) is 11.9. The van der Waals surface area contributed by atoms with E-state index in [1.807, 2.05) is 76.7 Å². The molecule has 0 aliphatic heterocycles. The van der Waals surface area contributed by atoms with Gasteiger partial charge in [-0.1, -0.05) is 13.8 Å². The van der Waals surface area contributed by atoms with Crippen molar-refractivity contribution in [2.75, 3.05) is 5.32 Å². The van der Waals surface area contributed by atoms with Crippen molar-refractivity contribution in [2.45, 2.75) is 47.6 Å². The monoisotopic (exact) mass is 328 g/mol. The van der Waals surface area contributed by atoms with Crippen LogP contribution in [0.2, 0.25) is 0 Å². The van der Waals surface area contributed by atoms with Crippen molar-refractivity contribution in [3.63, 3.8) is 0 Å². The summed E-state index contributed by atoms with van der Waals surface area (Å²) in [5, 5.41) is 2.97. The Balaban J connectivity index is 2.14. The zero-order chi connectivity index (χ0) is 18.1. The van der Waals surface area contributed by atoms with Crippen LogP contribution in [0.25, 0.3) is 5.69 Å². The van der Waals surface area contributed by atoms with Gasteiger partial charge >= 0.3 is 0 Å². The van der Waals surface area contributed by atoms with Crippen LogP contribution in [0.15, 0.2) is 30.6 Å². The Morgan fingerprint density at radius 3 is 2.25 bits per heavy atom. The summed E-state index contributed by atoms with van der Waals surface area (Å²) in [6.07, 6.45) is 1.81. The number of nitrogens with zero attached hydrogens (tertiary/aromatic N) is 2. The Morgan fingerprint density at radius 1 is 1.21 bits per heavy atom. The van der Waals surface area contributed by atoms with Gasteiger partial charge in [-0.2, -0.15) is 0 Å². The van der Waals surface area contributed by atoms with Crippen LogP contribution in [-0.4, -0.2) is 21.5 Å². The molecule has 1 amide bonds. The Morgan fingerprint density at radius 2 is 1.79 bits per heavy atom. The van der Waals surface area contributed by atoms with E-state index in [0.717, 1.165) is 22.8 Å². The molecule has 0 saturated carbocycles. The van der Waals surface area contributed by atoms with Gasteiger partial charge in [0.15, 0.2) is 0 Å². The van der Waals surface area contributed by atoms with Gasteiger partial charge in [0.25, 0.3) is 0 Å². The van der Waals surface area contributed by atoms with E-state index in [9.17, 15) is 4.79 Å². The third kappa shape index (κ3) is 3.51. The number of hydrogen-bond acceptors (Lipinski definition) is 3. The molecule has 130 valence electrons. The van der Waals surface area contributed by atoms with Crippen LogP contribution in [0, 0.1) is 25.2 Å². The number of aryl methyl sites for hydroxylation is 1. The molecule has 0 saturated heterocycles. The largest absolute Gasteiger partial charge is 0.327 e. The number of amides is 1. The molecule has 1 unspecified atom stereocenters. The first kappa shape index (κ1) is 18.2. The van der Waals surface area contributed by atoms with Crippen molar-refractivity contribution in [2.24, 2.45) is 17.1 Å². The van der Waals surface area contributed by atoms with Crippen LogP contribution in [0.4, 0.5) is 5.69 Å². The highest BCUT2D eigenvalue weighted by molar-refractivity contribution is 5.95. The van der Waals surface area contributed by atoms with Crippen LogP contribution in [0.3, 0.4) is 0 Å². The molecule has 0 fully saturated rings. The predicted molar refractivity (Wildman–Crippen MR) is 98.3 cm³/mol. The maximum atomic E-state index is 12.6. The van der Waals surface area contributed by atoms with Crippen molar-refractivity contribution < 1.29 is 4.79 Å². The molecule has 1 aromatic carbocycles. The van der Waals surface area contributed by atoms with E-state index in [0.29, 0.717) is 0 Å². The zero-order valence-electron chi connectivity index (χ0n) is 15.4. The number of hydrogen-bond donors (Lipinski definition) is 2. The second-order valence-electron chi connectivity index (χ2n) is 7.28. The van der Waals surface area contributed by atoms with E-state index in [2.05, 4.69) is 10.3 Å². The molecular weight excluding hydrogens is 300 g/mol. The maximum Gasteiger partial charge on any atom is 0.231 e. The molecule has 1 aromatic heterocycles. The first-order valence-electron chi connectivity index (χ1n) is 8.32. The summed E-state index contributed by atoms with van der Waals surface area (Å²) >= 11 is 0. The van der Waals surface area contributed by atoms with E-state index in [-0.39, 0.29) is 17.9 Å². The van der Waals surface area contributed by atoms with Gasteiger partial charge in [-0.3, -0.25) is 4.79 Å². The first-order valence-corrected chi connectivity index (χ1v) is 8.32. The molecule has 0 aliphatic carbocycles. The second-order valence-corrected chi connectivity index (χ2v) is 7.28. The maximum absolute atomic E-state index is 12.6. The van der Waals surface area contributed by atoms with E-state index in [1.165, 1.54) is 0 Å². The molecule has 0 bridgehead atoms. The normalized spacial score (nSPS) is 13.2. The Labute approximate surface area is 144 Å². The van der Waals surface area contributed by atoms with Gasteiger partial charge in [-0.05, 0) is 57.9 Å². The third-order valence-corrected chi connectivity index (χ3v) is 4.79. The molecule has 2 rings (SSSR count). The van der Waals surface area contributed by atoms with Crippen molar-refractivity contribution >= 4 is 11.6 Å². The SMILES string of the molecule is Cc1ncn(-c2ccc(NC(=O)C(C)(C)C(N)C(C)C)cc2)c1C. The minimum atomic E-state index is -0.634. The Kier molecular flexibility index (Phi) is 5.13. The lowest BCUT2D eigenvalue weighted by atomic mass is 9.78. The van der Waals surface area contributed by atoms with Gasteiger partial charge in [0, 0.05) is 23.1 Å². The lowest BCUT2D eigenvalue weighted by Gasteiger charge is -2.32. The summed E-state index contributed by atoms with van der Waals surface area (Å²) < 4.78 is 2.03. The average molecular weight is 328 g/mol. The topological polar surface area (TPSA) is 72.9 Å². The number of rotatable bonds is 5. The fraction of sp³-hybridized carbons (Fsp3) is 0.474. The quantitative estimate of drug-likeness (QED) is 0.883. The summed E-state index contributed by atoms with van der Waals surface area (Å²) in [6, 6.07) is 7.55. The lowest BCUT2D eigenvalue weighted by molar-refractivity contribution is -0.125. The number of nitrogens with one attached hydrogen (secondary N) is 1. The number of carbonyl (C=O) groups excluding carboxylic acids is 1. The molecule has 24 heavy (non-hydrogen) atoms. The van der Waals surface area contributed by atoms with Crippen molar-refractivity contribution in [3.8, 4) is 5.69 Å². The minimum absolute atomic E-state index is 0.0638. The molecule has 1 atom stereocenters. The van der Waals surface area contributed by atoms with Gasteiger partial charge in [0.05, 0.1) is 17.4 Å². The fourth-order valence-electron chi connectivity index (χ4n) is 2.74. The third-order valence-electron chi connectivity index (χ3n) is 4.79. The number of carbonyl (C=O) groups is 1. The Bertz CT molecular complexity index is 713. The van der Waals surface area contributed by atoms with Gasteiger partial charge in [-0.25, -0.2) is 4.98 Å². The van der Waals surface area contributed by atoms with E-state index in [4.69, 9.17) is 5.73 Å². The van der Waals surface area contributed by atoms with Crippen LogP contribution in [0.1, 0.15) is 39.1 Å². The van der Waals surface area contributed by atoms with Crippen molar-refractivity contribution in [3.05, 3.63) is 42.0 Å². The first-order chi connectivity index (χ1) is 11.1. The number of anilines is 1. The summed E-state index contributed by atoms with van der Waals surface area (Å²) in [5.41, 5.74) is 9.46. The molecule has 5 heteroatoms. The number of aromatic nitrogens is 2. The van der Waals surface area contributed by atoms with E-state index in [1.54, 1.807) is 0 Å². The summed E-state index contributed by atoms with van der Waals surface area (Å²) in [4.78, 5) is 16.9. The highest BCUT2D eigenvalue weighted by Crippen LogP contribution is 2.26. The van der Waals surface area contributed by atoms with Gasteiger partial charge in [0.2, 0.25) is 5.91 Å². The van der Waals surface area contributed by atoms with Crippen LogP contribution in [0.5, 0.6) is 0 Å². The van der Waals surface area contributed by atoms with Crippen LogP contribution in [-0.2, 0) is 4.79 Å². The molecule has 3 N–H and O–H groups in total. The standard InChI is InChI=1S/C19H28N4O/c1-12(2)17(20)19(5,6)18(24)22-15-7-9-16(10-8-15)23-11-21-13(3)14(23)4/h7-12,17H,20H2,1-6H3,(H,22,24). The predicted octanol–water partition coefficient (Wildman–Crippen LogP) is 3.44. The molecule has 0 spiro atoms. The molecule has 5 nitrogen and oxygen atoms in total. The zero-order valence-corrected chi connectivity index (χ0v) is 15.4. The van der Waals surface area contributed by atoms with Crippen molar-refractivity contribution in [1.29, 1.82) is 0 Å². The van der Waals surface area contributed by atoms with Crippen LogP contribution >= 0.6 is 0 Å². The van der Waals surface area contributed by atoms with Gasteiger partial charge in [0.1, 0.15) is 0 Å². The van der Waals surface area contributed by atoms with Gasteiger partial charge < -0.3 is 15.6 Å². The van der Waals surface area contributed by atoms with Crippen LogP contribution < -0.4 is 11.1 Å². The molecule has 2 aromatic rings. The smallest absolute Gasteiger partial charge is 0.231 e. The number of imidazole rings is 1. The molecule has 1 heterocycles. The highest BCUT2D eigenvalue weighted by Gasteiger charge is 2.36.